The highest BCUT2D eigenvalue weighted by molar-refractivity contribution is 9.11. The van der Waals surface area contributed by atoms with Crippen molar-refractivity contribution in [2.75, 3.05) is 26.2 Å². The first-order chi connectivity index (χ1) is 9.85. The minimum atomic E-state index is -0.479. The molecule has 112 valence electrons. The van der Waals surface area contributed by atoms with Gasteiger partial charge in [-0.3, -0.25) is 9.69 Å². The van der Waals surface area contributed by atoms with Crippen LogP contribution in [0.25, 0.3) is 0 Å². The molecule has 1 amide bonds. The van der Waals surface area contributed by atoms with Gasteiger partial charge in [0.15, 0.2) is 0 Å². The van der Waals surface area contributed by atoms with E-state index in [1.165, 1.54) is 0 Å². The third kappa shape index (κ3) is 3.65. The smallest absolute Gasteiger partial charge is 0.255 e. The van der Waals surface area contributed by atoms with Crippen molar-refractivity contribution in [3.63, 3.8) is 0 Å². The van der Waals surface area contributed by atoms with Crippen LogP contribution in [0.15, 0.2) is 27.1 Å². The lowest BCUT2D eigenvalue weighted by Gasteiger charge is -2.40. The second kappa shape index (κ2) is 6.47. The van der Waals surface area contributed by atoms with Crippen molar-refractivity contribution < 1.29 is 4.79 Å². The van der Waals surface area contributed by atoms with Crippen molar-refractivity contribution in [2.24, 2.45) is 0 Å². The molecule has 1 aliphatic heterocycles. The molecule has 0 atom stereocenters. The summed E-state index contributed by atoms with van der Waals surface area (Å²) in [6.07, 6.45) is 0. The van der Waals surface area contributed by atoms with Crippen molar-refractivity contribution in [3.8, 4) is 6.07 Å². The van der Waals surface area contributed by atoms with E-state index in [1.807, 2.05) is 36.9 Å². The van der Waals surface area contributed by atoms with Crippen LogP contribution in [-0.2, 0) is 0 Å². The van der Waals surface area contributed by atoms with Gasteiger partial charge in [0.05, 0.1) is 11.6 Å². The number of carbonyl (C=O) groups is 1. The fourth-order valence-corrected chi connectivity index (χ4v) is 3.59. The number of carbonyl (C=O) groups excluding carboxylic acids is 1. The van der Waals surface area contributed by atoms with Crippen LogP contribution >= 0.6 is 31.9 Å². The maximum atomic E-state index is 12.6. The number of nitriles is 1. The average molecular weight is 415 g/mol. The van der Waals surface area contributed by atoms with Crippen molar-refractivity contribution >= 4 is 37.8 Å². The van der Waals surface area contributed by atoms with Crippen molar-refractivity contribution in [3.05, 3.63) is 32.7 Å². The van der Waals surface area contributed by atoms with Gasteiger partial charge in [-0.1, -0.05) is 15.9 Å². The Morgan fingerprint density at radius 3 is 2.38 bits per heavy atom. The number of halogens is 2. The van der Waals surface area contributed by atoms with Gasteiger partial charge in [0.25, 0.3) is 5.91 Å². The number of rotatable bonds is 2. The molecule has 1 aromatic rings. The molecule has 0 aromatic heterocycles. The predicted molar refractivity (Wildman–Crippen MR) is 89.0 cm³/mol. The molecule has 1 fully saturated rings. The summed E-state index contributed by atoms with van der Waals surface area (Å²) < 4.78 is 1.73. The lowest BCUT2D eigenvalue weighted by Crippen LogP contribution is -2.55. The molecule has 6 heteroatoms. The van der Waals surface area contributed by atoms with Crippen molar-refractivity contribution in [1.29, 1.82) is 5.26 Å². The van der Waals surface area contributed by atoms with E-state index >= 15 is 0 Å². The summed E-state index contributed by atoms with van der Waals surface area (Å²) in [5.41, 5.74) is 0.194. The lowest BCUT2D eigenvalue weighted by molar-refractivity contribution is 0.0520. The number of piperazine rings is 1. The fraction of sp³-hybridized carbons (Fsp3) is 0.467. The second-order valence-electron chi connectivity index (χ2n) is 5.57. The Bertz CT molecular complexity index is 587. The number of nitrogens with zero attached hydrogens (tertiary/aromatic N) is 3. The Morgan fingerprint density at radius 2 is 1.86 bits per heavy atom. The minimum Gasteiger partial charge on any atom is -0.336 e. The summed E-state index contributed by atoms with van der Waals surface area (Å²) in [5, 5.41) is 9.18. The van der Waals surface area contributed by atoms with E-state index in [0.717, 1.165) is 22.0 Å². The zero-order valence-corrected chi connectivity index (χ0v) is 15.2. The van der Waals surface area contributed by atoms with Gasteiger partial charge in [-0.2, -0.15) is 5.26 Å². The van der Waals surface area contributed by atoms with E-state index in [-0.39, 0.29) is 5.91 Å². The van der Waals surface area contributed by atoms with E-state index in [1.54, 1.807) is 0 Å². The first kappa shape index (κ1) is 16.5. The number of hydrogen-bond acceptors (Lipinski definition) is 3. The second-order valence-corrected chi connectivity index (χ2v) is 7.34. The molecule has 1 aromatic carbocycles. The highest BCUT2D eigenvalue weighted by atomic mass is 79.9. The summed E-state index contributed by atoms with van der Waals surface area (Å²) in [7, 11) is 0. The molecule has 0 radical (unpaired) electrons. The van der Waals surface area contributed by atoms with Crippen LogP contribution in [0, 0.1) is 11.3 Å². The van der Waals surface area contributed by atoms with E-state index in [4.69, 9.17) is 0 Å². The normalized spacial score (nSPS) is 16.6. The number of benzene rings is 1. The zero-order valence-electron chi connectivity index (χ0n) is 12.1. The van der Waals surface area contributed by atoms with Crippen LogP contribution in [-0.4, -0.2) is 47.4 Å². The quantitative estimate of drug-likeness (QED) is 0.745. The summed E-state index contributed by atoms with van der Waals surface area (Å²) in [6, 6.07) is 7.88. The first-order valence-corrected chi connectivity index (χ1v) is 8.34. The third-order valence-electron chi connectivity index (χ3n) is 3.79. The molecule has 4 nitrogen and oxygen atoms in total. The molecule has 0 N–H and O–H groups in total. The molecule has 21 heavy (non-hydrogen) atoms. The van der Waals surface area contributed by atoms with E-state index in [0.29, 0.717) is 18.7 Å². The van der Waals surface area contributed by atoms with Crippen LogP contribution in [0.4, 0.5) is 0 Å². The highest BCUT2D eigenvalue weighted by Gasteiger charge is 2.31. The van der Waals surface area contributed by atoms with Crippen molar-refractivity contribution in [1.82, 2.24) is 9.80 Å². The van der Waals surface area contributed by atoms with Gasteiger partial charge in [-0.05, 0) is 48.0 Å². The van der Waals surface area contributed by atoms with Crippen LogP contribution in [0.1, 0.15) is 24.2 Å². The van der Waals surface area contributed by atoms with Crippen LogP contribution in [0.3, 0.4) is 0 Å². The Balaban J connectivity index is 2.06. The molecular weight excluding hydrogens is 398 g/mol. The van der Waals surface area contributed by atoms with Gasteiger partial charge in [0.2, 0.25) is 0 Å². The van der Waals surface area contributed by atoms with Crippen LogP contribution in [0.2, 0.25) is 0 Å². The molecule has 1 saturated heterocycles. The highest BCUT2D eigenvalue weighted by Crippen LogP contribution is 2.24. The molecule has 0 saturated carbocycles. The minimum absolute atomic E-state index is 0.0313. The topological polar surface area (TPSA) is 47.3 Å². The zero-order chi connectivity index (χ0) is 15.6. The number of hydrogen-bond donors (Lipinski definition) is 0. The van der Waals surface area contributed by atoms with Gasteiger partial charge in [-0.15, -0.1) is 0 Å². The third-order valence-corrected chi connectivity index (χ3v) is 4.94. The molecular formula is C15H17Br2N3O. The van der Waals surface area contributed by atoms with Gasteiger partial charge >= 0.3 is 0 Å². The maximum Gasteiger partial charge on any atom is 0.255 e. The van der Waals surface area contributed by atoms with E-state index in [2.05, 4.69) is 42.8 Å². The standard InChI is InChI=1S/C15H17Br2N3O/c1-15(2,10-18)20-7-5-19(6-8-20)14(21)12-4-3-11(16)9-13(12)17/h3-4,9H,5-8H2,1-2H3. The fourth-order valence-electron chi connectivity index (χ4n) is 2.37. The molecule has 0 spiro atoms. The average Bonchev–Trinajstić information content (AvgIpc) is 2.47. The Labute approximate surface area is 142 Å². The van der Waals surface area contributed by atoms with Crippen LogP contribution < -0.4 is 0 Å². The van der Waals surface area contributed by atoms with Gasteiger partial charge < -0.3 is 4.90 Å². The predicted octanol–water partition coefficient (Wildman–Crippen LogP) is 3.27. The molecule has 1 heterocycles. The lowest BCUT2D eigenvalue weighted by atomic mass is 10.0. The van der Waals surface area contributed by atoms with Gasteiger partial charge in [0, 0.05) is 35.1 Å². The molecule has 2 rings (SSSR count). The molecule has 1 aliphatic rings. The summed E-state index contributed by atoms with van der Waals surface area (Å²) in [6.45, 7) is 6.56. The Morgan fingerprint density at radius 1 is 1.24 bits per heavy atom. The van der Waals surface area contributed by atoms with Crippen LogP contribution in [0.5, 0.6) is 0 Å². The summed E-state index contributed by atoms with van der Waals surface area (Å²) >= 11 is 6.82. The van der Waals surface area contributed by atoms with Crippen molar-refractivity contribution in [2.45, 2.75) is 19.4 Å². The first-order valence-electron chi connectivity index (χ1n) is 6.76. The largest absolute Gasteiger partial charge is 0.336 e. The van der Waals surface area contributed by atoms with Gasteiger partial charge in [-0.25, -0.2) is 0 Å². The molecule has 0 unspecified atom stereocenters. The van der Waals surface area contributed by atoms with Gasteiger partial charge in [0.1, 0.15) is 5.54 Å². The Hall–Kier alpha value is -0.900. The SMILES string of the molecule is CC(C)(C#N)N1CCN(C(=O)c2ccc(Br)cc2Br)CC1. The monoisotopic (exact) mass is 413 g/mol. The summed E-state index contributed by atoms with van der Waals surface area (Å²) in [5.74, 6) is 0.0313. The Kier molecular flexibility index (Phi) is 5.07. The molecule has 0 bridgehead atoms. The summed E-state index contributed by atoms with van der Waals surface area (Å²) in [4.78, 5) is 16.5. The van der Waals surface area contributed by atoms with E-state index in [9.17, 15) is 10.1 Å². The number of amides is 1. The molecule has 0 aliphatic carbocycles. The maximum absolute atomic E-state index is 12.6. The van der Waals surface area contributed by atoms with E-state index < -0.39 is 5.54 Å².